The molecule has 1 aliphatic rings. The smallest absolute Gasteiger partial charge is 0.316 e. The number of thiazole rings is 1. The van der Waals surface area contributed by atoms with Crippen LogP contribution < -0.4 is 10.6 Å². The van der Waals surface area contributed by atoms with Gasteiger partial charge in [-0.15, -0.1) is 11.3 Å². The molecule has 1 aromatic heterocycles. The summed E-state index contributed by atoms with van der Waals surface area (Å²) in [6, 6.07) is 10.0. The Balaban J connectivity index is 1.66. The van der Waals surface area contributed by atoms with Crippen molar-refractivity contribution in [2.24, 2.45) is 0 Å². The van der Waals surface area contributed by atoms with Gasteiger partial charge in [-0.1, -0.05) is 30.3 Å². The standard InChI is InChI=1S/C17H21N3OS/c1-12(15-11-22-13(2)19-15)18-16(21)20-17(9-6-10-17)14-7-4-3-5-8-14/h3-5,7-8,11-12H,6,9-10H2,1-2H3,(H2,18,20,21)/t12-/m1/s1. The lowest BCUT2D eigenvalue weighted by Gasteiger charge is -2.43. The van der Waals surface area contributed by atoms with Gasteiger partial charge < -0.3 is 10.6 Å². The number of aromatic nitrogens is 1. The first kappa shape index (κ1) is 15.0. The van der Waals surface area contributed by atoms with E-state index in [0.29, 0.717) is 0 Å². The fourth-order valence-electron chi connectivity index (χ4n) is 2.88. The van der Waals surface area contributed by atoms with Crippen molar-refractivity contribution in [3.05, 3.63) is 52.0 Å². The average Bonchev–Trinajstić information content (AvgIpc) is 2.90. The second kappa shape index (κ2) is 6.08. The summed E-state index contributed by atoms with van der Waals surface area (Å²) in [7, 11) is 0. The molecule has 0 aliphatic heterocycles. The molecule has 0 bridgehead atoms. The molecule has 116 valence electrons. The summed E-state index contributed by atoms with van der Waals surface area (Å²) in [6.07, 6.45) is 3.14. The second-order valence-corrected chi connectivity index (χ2v) is 6.98. The van der Waals surface area contributed by atoms with Crippen LogP contribution in [0.2, 0.25) is 0 Å². The van der Waals surface area contributed by atoms with Gasteiger partial charge in [0.05, 0.1) is 22.3 Å². The van der Waals surface area contributed by atoms with E-state index in [1.54, 1.807) is 11.3 Å². The van der Waals surface area contributed by atoms with E-state index in [2.05, 4.69) is 27.8 Å². The third kappa shape index (κ3) is 2.99. The molecule has 2 amide bonds. The predicted octanol–water partition coefficient (Wildman–Crippen LogP) is 3.89. The van der Waals surface area contributed by atoms with E-state index in [1.165, 1.54) is 5.56 Å². The molecule has 1 aliphatic carbocycles. The summed E-state index contributed by atoms with van der Waals surface area (Å²) in [4.78, 5) is 16.8. The Morgan fingerprint density at radius 2 is 2.05 bits per heavy atom. The van der Waals surface area contributed by atoms with Gasteiger partial charge in [-0.2, -0.15) is 0 Å². The van der Waals surface area contributed by atoms with E-state index in [-0.39, 0.29) is 17.6 Å². The molecule has 0 saturated heterocycles. The summed E-state index contributed by atoms with van der Waals surface area (Å²) in [6.45, 7) is 3.93. The number of carbonyl (C=O) groups is 1. The number of benzene rings is 1. The van der Waals surface area contributed by atoms with Gasteiger partial charge in [0.1, 0.15) is 0 Å². The fourth-order valence-corrected chi connectivity index (χ4v) is 3.58. The Labute approximate surface area is 135 Å². The van der Waals surface area contributed by atoms with Crippen LogP contribution in [0.4, 0.5) is 4.79 Å². The fraction of sp³-hybridized carbons (Fsp3) is 0.412. The summed E-state index contributed by atoms with van der Waals surface area (Å²) in [5, 5.41) is 9.19. The predicted molar refractivity (Wildman–Crippen MR) is 88.9 cm³/mol. The first-order valence-corrected chi connectivity index (χ1v) is 8.53. The van der Waals surface area contributed by atoms with Crippen molar-refractivity contribution < 1.29 is 4.79 Å². The maximum absolute atomic E-state index is 12.4. The quantitative estimate of drug-likeness (QED) is 0.899. The third-order valence-electron chi connectivity index (χ3n) is 4.31. The SMILES string of the molecule is Cc1nc([C@@H](C)NC(=O)NC2(c3ccccc3)CCC2)cs1. The van der Waals surface area contributed by atoms with Crippen LogP contribution in [0, 0.1) is 6.92 Å². The Hall–Kier alpha value is -1.88. The van der Waals surface area contributed by atoms with Crippen molar-refractivity contribution in [2.45, 2.75) is 44.7 Å². The van der Waals surface area contributed by atoms with Crippen LogP contribution in [0.15, 0.2) is 35.7 Å². The molecule has 5 heteroatoms. The van der Waals surface area contributed by atoms with E-state index >= 15 is 0 Å². The number of nitrogens with one attached hydrogen (secondary N) is 2. The molecule has 1 heterocycles. The molecule has 0 unspecified atom stereocenters. The number of nitrogens with zero attached hydrogens (tertiary/aromatic N) is 1. The molecule has 0 radical (unpaired) electrons. The molecule has 2 N–H and O–H groups in total. The van der Waals surface area contributed by atoms with Crippen LogP contribution in [0.5, 0.6) is 0 Å². The number of urea groups is 1. The highest BCUT2D eigenvalue weighted by Gasteiger charge is 2.40. The van der Waals surface area contributed by atoms with Gasteiger partial charge in [0.2, 0.25) is 0 Å². The first-order valence-electron chi connectivity index (χ1n) is 7.65. The third-order valence-corrected chi connectivity index (χ3v) is 5.11. The van der Waals surface area contributed by atoms with Gasteiger partial charge in [-0.05, 0) is 38.7 Å². The molecule has 1 aromatic carbocycles. The lowest BCUT2D eigenvalue weighted by Crippen LogP contribution is -2.54. The molecule has 2 aromatic rings. The Morgan fingerprint density at radius 1 is 1.32 bits per heavy atom. The van der Waals surface area contributed by atoms with Crippen molar-refractivity contribution in [3.8, 4) is 0 Å². The number of rotatable bonds is 4. The minimum Gasteiger partial charge on any atom is -0.330 e. The molecule has 22 heavy (non-hydrogen) atoms. The minimum absolute atomic E-state index is 0.0853. The van der Waals surface area contributed by atoms with Gasteiger partial charge in [0, 0.05) is 5.38 Å². The molecular formula is C17H21N3OS. The summed E-state index contributed by atoms with van der Waals surface area (Å²) < 4.78 is 0. The molecule has 1 atom stereocenters. The van der Waals surface area contributed by atoms with E-state index in [0.717, 1.165) is 30.0 Å². The van der Waals surface area contributed by atoms with Crippen LogP contribution in [0.1, 0.15) is 48.5 Å². The van der Waals surface area contributed by atoms with Crippen LogP contribution in [-0.4, -0.2) is 11.0 Å². The largest absolute Gasteiger partial charge is 0.330 e. The van der Waals surface area contributed by atoms with Crippen molar-refractivity contribution in [1.82, 2.24) is 15.6 Å². The van der Waals surface area contributed by atoms with Crippen LogP contribution in [-0.2, 0) is 5.54 Å². The number of hydrogen-bond donors (Lipinski definition) is 2. The lowest BCUT2D eigenvalue weighted by atomic mass is 9.72. The zero-order valence-corrected chi connectivity index (χ0v) is 13.7. The molecule has 3 rings (SSSR count). The zero-order chi connectivity index (χ0) is 15.6. The van der Waals surface area contributed by atoms with E-state index in [4.69, 9.17) is 0 Å². The topological polar surface area (TPSA) is 54.0 Å². The zero-order valence-electron chi connectivity index (χ0n) is 12.9. The molecule has 0 spiro atoms. The highest BCUT2D eigenvalue weighted by atomic mass is 32.1. The van der Waals surface area contributed by atoms with Crippen molar-refractivity contribution >= 4 is 17.4 Å². The average molecular weight is 315 g/mol. The lowest BCUT2D eigenvalue weighted by molar-refractivity contribution is 0.175. The van der Waals surface area contributed by atoms with Gasteiger partial charge in [-0.3, -0.25) is 0 Å². The number of amides is 2. The van der Waals surface area contributed by atoms with Gasteiger partial charge in [-0.25, -0.2) is 9.78 Å². The van der Waals surface area contributed by atoms with Gasteiger partial charge in [0.15, 0.2) is 0 Å². The number of hydrogen-bond acceptors (Lipinski definition) is 3. The van der Waals surface area contributed by atoms with Crippen LogP contribution >= 0.6 is 11.3 Å². The maximum atomic E-state index is 12.4. The highest BCUT2D eigenvalue weighted by molar-refractivity contribution is 7.09. The Morgan fingerprint density at radius 3 is 2.59 bits per heavy atom. The van der Waals surface area contributed by atoms with Crippen molar-refractivity contribution in [1.29, 1.82) is 0 Å². The highest BCUT2D eigenvalue weighted by Crippen LogP contribution is 2.41. The summed E-state index contributed by atoms with van der Waals surface area (Å²) in [5.74, 6) is 0. The number of carbonyl (C=O) groups excluding carboxylic acids is 1. The summed E-state index contributed by atoms with van der Waals surface area (Å²) in [5.41, 5.74) is 1.90. The van der Waals surface area contributed by atoms with E-state index in [1.807, 2.05) is 37.4 Å². The van der Waals surface area contributed by atoms with Crippen molar-refractivity contribution in [2.75, 3.05) is 0 Å². The number of aryl methyl sites for hydroxylation is 1. The normalized spacial score (nSPS) is 17.4. The first-order chi connectivity index (χ1) is 10.6. The van der Waals surface area contributed by atoms with Gasteiger partial charge in [0.25, 0.3) is 0 Å². The Kier molecular flexibility index (Phi) is 4.16. The van der Waals surface area contributed by atoms with Crippen molar-refractivity contribution in [3.63, 3.8) is 0 Å². The van der Waals surface area contributed by atoms with E-state index < -0.39 is 0 Å². The Bertz CT molecular complexity index is 649. The monoisotopic (exact) mass is 315 g/mol. The second-order valence-electron chi connectivity index (χ2n) is 5.91. The molecule has 4 nitrogen and oxygen atoms in total. The minimum atomic E-state index is -0.205. The van der Waals surface area contributed by atoms with Crippen LogP contribution in [0.3, 0.4) is 0 Å². The molecule has 1 fully saturated rings. The van der Waals surface area contributed by atoms with Crippen LogP contribution in [0.25, 0.3) is 0 Å². The maximum Gasteiger partial charge on any atom is 0.316 e. The summed E-state index contributed by atoms with van der Waals surface area (Å²) >= 11 is 1.60. The van der Waals surface area contributed by atoms with Gasteiger partial charge >= 0.3 is 6.03 Å². The molecular weight excluding hydrogens is 294 g/mol. The van der Waals surface area contributed by atoms with E-state index in [9.17, 15) is 4.79 Å². The molecule has 1 saturated carbocycles.